The molecule has 0 amide bonds. The Balaban J connectivity index is 2.22. The van der Waals surface area contributed by atoms with Gasteiger partial charge in [0.2, 0.25) is 5.90 Å². The second kappa shape index (κ2) is 11.9. The fraction of sp³-hybridized carbons (Fsp3) is 0.500. The molecule has 1 fully saturated rings. The van der Waals surface area contributed by atoms with Crippen LogP contribution in [0.1, 0.15) is 56.0 Å². The summed E-state index contributed by atoms with van der Waals surface area (Å²) in [5.41, 5.74) is 8.34. The average Bonchev–Trinajstić information content (AvgIpc) is 2.75. The molecule has 2 rings (SSSR count). The molecular weight excluding hydrogens is 431 g/mol. The highest BCUT2D eigenvalue weighted by Crippen LogP contribution is 2.28. The van der Waals surface area contributed by atoms with Crippen LogP contribution in [-0.2, 0) is 11.2 Å². The fourth-order valence-electron chi connectivity index (χ4n) is 3.77. The van der Waals surface area contributed by atoms with Gasteiger partial charge in [-0.15, -0.1) is 0 Å². The molecule has 182 valence electrons. The molecule has 1 aromatic heterocycles. The van der Waals surface area contributed by atoms with Crippen molar-refractivity contribution in [1.29, 1.82) is 0 Å². The summed E-state index contributed by atoms with van der Waals surface area (Å²) < 4.78 is 43.9. The summed E-state index contributed by atoms with van der Waals surface area (Å²) in [5, 5.41) is 1.26. The van der Waals surface area contributed by atoms with E-state index in [2.05, 4.69) is 16.6 Å². The van der Waals surface area contributed by atoms with Crippen LogP contribution in [0.25, 0.3) is 5.70 Å². The molecule has 1 saturated carbocycles. The van der Waals surface area contributed by atoms with Crippen LogP contribution < -0.4 is 11.6 Å². The van der Waals surface area contributed by atoms with E-state index in [-0.39, 0.29) is 18.2 Å². The van der Waals surface area contributed by atoms with Crippen LogP contribution in [-0.4, -0.2) is 35.7 Å². The average molecular weight is 466 g/mol. The van der Waals surface area contributed by atoms with Crippen molar-refractivity contribution in [3.63, 3.8) is 0 Å². The van der Waals surface area contributed by atoms with E-state index in [1.54, 1.807) is 14.0 Å². The van der Waals surface area contributed by atoms with Crippen LogP contribution >= 0.6 is 0 Å². The summed E-state index contributed by atoms with van der Waals surface area (Å²) in [6.45, 7) is 6.34. The number of nitrogens with zero attached hydrogens (tertiary/aromatic N) is 3. The van der Waals surface area contributed by atoms with E-state index in [1.165, 1.54) is 54.8 Å². The van der Waals surface area contributed by atoms with Gasteiger partial charge in [0.15, 0.2) is 0 Å². The normalized spacial score (nSPS) is 16.6. The molecular formula is C24H34F3N5O. The Morgan fingerprint density at radius 1 is 1.30 bits per heavy atom. The Hall–Kier alpha value is -2.81. The molecule has 33 heavy (non-hydrogen) atoms. The lowest BCUT2D eigenvalue weighted by Crippen LogP contribution is -2.31. The first-order valence-electron chi connectivity index (χ1n) is 11.1. The number of alkyl halides is 3. The van der Waals surface area contributed by atoms with Crippen molar-refractivity contribution in [2.45, 2.75) is 58.5 Å². The molecule has 1 heterocycles. The third kappa shape index (κ3) is 7.92. The number of pyridine rings is 1. The van der Waals surface area contributed by atoms with Crippen LogP contribution in [0.15, 0.2) is 47.3 Å². The number of ether oxygens (including phenoxy) is 1. The molecule has 0 spiro atoms. The van der Waals surface area contributed by atoms with Gasteiger partial charge in [-0.1, -0.05) is 50.8 Å². The molecule has 0 aliphatic heterocycles. The minimum Gasteiger partial charge on any atom is -0.471 e. The number of aryl methyl sites for hydroxylation is 1. The molecule has 0 radical (unpaired) electrons. The quantitative estimate of drug-likeness (QED) is 0.244. The maximum absolute atomic E-state index is 12.8. The molecule has 0 atom stereocenters. The van der Waals surface area contributed by atoms with E-state index >= 15 is 0 Å². The summed E-state index contributed by atoms with van der Waals surface area (Å²) in [4.78, 5) is 8.09. The number of aromatic nitrogens is 1. The summed E-state index contributed by atoms with van der Waals surface area (Å²) in [5.74, 6) is 6.37. The molecule has 9 heteroatoms. The van der Waals surface area contributed by atoms with E-state index in [4.69, 9.17) is 16.3 Å². The van der Waals surface area contributed by atoms with Crippen LogP contribution in [0, 0.1) is 12.8 Å². The van der Waals surface area contributed by atoms with Crippen molar-refractivity contribution >= 4 is 11.6 Å². The molecule has 1 aromatic rings. The fourth-order valence-corrected chi connectivity index (χ4v) is 3.77. The van der Waals surface area contributed by atoms with Crippen molar-refractivity contribution < 1.29 is 17.9 Å². The molecule has 1 aliphatic carbocycles. The number of nitrogens with two attached hydrogens (primary N) is 2. The highest BCUT2D eigenvalue weighted by molar-refractivity contribution is 5.88. The third-order valence-electron chi connectivity index (χ3n) is 5.68. The highest BCUT2D eigenvalue weighted by Gasteiger charge is 2.32. The van der Waals surface area contributed by atoms with E-state index in [0.717, 1.165) is 12.1 Å². The topological polar surface area (TPSA) is 89.8 Å². The van der Waals surface area contributed by atoms with E-state index in [0.29, 0.717) is 17.3 Å². The van der Waals surface area contributed by atoms with Gasteiger partial charge < -0.3 is 15.5 Å². The maximum Gasteiger partial charge on any atom is 0.432 e. The van der Waals surface area contributed by atoms with Gasteiger partial charge in [-0.2, -0.15) is 13.2 Å². The Kier molecular flexibility index (Phi) is 9.52. The second-order valence-corrected chi connectivity index (χ2v) is 8.30. The zero-order valence-electron chi connectivity index (χ0n) is 19.6. The molecule has 0 aromatic carbocycles. The van der Waals surface area contributed by atoms with Crippen molar-refractivity contribution in [1.82, 2.24) is 9.99 Å². The van der Waals surface area contributed by atoms with Gasteiger partial charge in [0.25, 0.3) is 0 Å². The number of allylic oxidation sites excluding steroid dienone is 2. The van der Waals surface area contributed by atoms with Gasteiger partial charge in [-0.3, -0.25) is 4.98 Å². The van der Waals surface area contributed by atoms with Gasteiger partial charge in [0, 0.05) is 12.7 Å². The lowest BCUT2D eigenvalue weighted by atomic mass is 9.84. The molecule has 1 aliphatic rings. The summed E-state index contributed by atoms with van der Waals surface area (Å²) in [6, 6.07) is 3.88. The zero-order chi connectivity index (χ0) is 24.6. The monoisotopic (exact) mass is 465 g/mol. The summed E-state index contributed by atoms with van der Waals surface area (Å²) >= 11 is 0. The van der Waals surface area contributed by atoms with Crippen LogP contribution in [0.5, 0.6) is 0 Å². The Labute approximate surface area is 193 Å². The number of hydrazine groups is 1. The van der Waals surface area contributed by atoms with E-state index in [9.17, 15) is 13.2 Å². The Morgan fingerprint density at radius 3 is 2.52 bits per heavy atom. The van der Waals surface area contributed by atoms with Gasteiger partial charge in [-0.25, -0.2) is 10.8 Å². The van der Waals surface area contributed by atoms with E-state index in [1.807, 2.05) is 19.1 Å². The van der Waals surface area contributed by atoms with Gasteiger partial charge in [-0.05, 0) is 43.9 Å². The standard InChI is InChI=1S/C24H34F3N5O/c1-5-9-22(31-17(3)24(25,26)27)33-15-21(32(4)29)23(28)20-13-12-19(16(2)30-20)14-18-10-7-6-8-11-18/h5,9,12-13,18H,3,6-8,10-11,14-15,28-29H2,1-2,4H3/b9-5-,23-21-,31-22?. The molecule has 0 unspecified atom stereocenters. The largest absolute Gasteiger partial charge is 0.471 e. The Morgan fingerprint density at radius 2 is 1.97 bits per heavy atom. The second-order valence-electron chi connectivity index (χ2n) is 8.30. The summed E-state index contributed by atoms with van der Waals surface area (Å²) in [7, 11) is 1.57. The lowest BCUT2D eigenvalue weighted by Gasteiger charge is -2.23. The van der Waals surface area contributed by atoms with Crippen molar-refractivity contribution in [2.24, 2.45) is 22.5 Å². The van der Waals surface area contributed by atoms with E-state index < -0.39 is 11.9 Å². The predicted molar refractivity (Wildman–Crippen MR) is 126 cm³/mol. The van der Waals surface area contributed by atoms with Crippen molar-refractivity contribution in [3.05, 3.63) is 59.2 Å². The first kappa shape index (κ1) is 26.4. The smallest absolute Gasteiger partial charge is 0.432 e. The molecule has 4 N–H and O–H groups in total. The number of hydrogen-bond acceptors (Lipinski definition) is 6. The van der Waals surface area contributed by atoms with Crippen LogP contribution in [0.3, 0.4) is 0 Å². The number of hydrogen-bond donors (Lipinski definition) is 2. The molecule has 0 saturated heterocycles. The zero-order valence-corrected chi connectivity index (χ0v) is 19.6. The SMILES string of the molecule is C=C(N=C(/C=C\C)OC/C(=C(/N)c1ccc(CC2CCCCC2)c(C)n1)N(C)N)C(F)(F)F. The molecule has 6 nitrogen and oxygen atoms in total. The van der Waals surface area contributed by atoms with Crippen molar-refractivity contribution in [3.8, 4) is 0 Å². The Bertz CT molecular complexity index is 913. The third-order valence-corrected chi connectivity index (χ3v) is 5.68. The maximum atomic E-state index is 12.8. The minimum atomic E-state index is -4.65. The van der Waals surface area contributed by atoms with Gasteiger partial charge >= 0.3 is 6.18 Å². The van der Waals surface area contributed by atoms with Crippen molar-refractivity contribution in [2.75, 3.05) is 13.7 Å². The number of halogens is 3. The summed E-state index contributed by atoms with van der Waals surface area (Å²) in [6.07, 6.45) is 5.55. The first-order valence-corrected chi connectivity index (χ1v) is 11.1. The number of aliphatic imine (C=N–C) groups is 1. The minimum absolute atomic E-state index is 0.197. The molecule has 0 bridgehead atoms. The van der Waals surface area contributed by atoms with Gasteiger partial charge in [0.05, 0.1) is 17.1 Å². The van der Waals surface area contributed by atoms with Crippen LogP contribution in [0.2, 0.25) is 0 Å². The first-order chi connectivity index (χ1) is 15.5. The number of likely N-dealkylation sites (N-methyl/N-ethyl adjacent to an activating group) is 1. The lowest BCUT2D eigenvalue weighted by molar-refractivity contribution is -0.0920. The van der Waals surface area contributed by atoms with Gasteiger partial charge in [0.1, 0.15) is 12.3 Å². The predicted octanol–water partition coefficient (Wildman–Crippen LogP) is 5.01. The van der Waals surface area contributed by atoms with Crippen LogP contribution in [0.4, 0.5) is 13.2 Å². The highest BCUT2D eigenvalue weighted by atomic mass is 19.4. The number of rotatable bonds is 8.